The van der Waals surface area contributed by atoms with Gasteiger partial charge in [0.15, 0.2) is 0 Å². The van der Waals surface area contributed by atoms with Gasteiger partial charge in [-0.25, -0.2) is 0 Å². The zero-order chi connectivity index (χ0) is 14.4. The van der Waals surface area contributed by atoms with E-state index in [4.69, 9.17) is 0 Å². The third-order valence-corrected chi connectivity index (χ3v) is 3.33. The van der Waals surface area contributed by atoms with Gasteiger partial charge in [-0.1, -0.05) is 19.4 Å². The maximum atomic E-state index is 12.1. The molecule has 0 saturated carbocycles. The maximum Gasteiger partial charge on any atom is 0.259 e. The second-order valence-corrected chi connectivity index (χ2v) is 4.90. The lowest BCUT2D eigenvalue weighted by molar-refractivity contribution is -0.122. The predicted octanol–water partition coefficient (Wildman–Crippen LogP) is 2.60. The molecule has 4 nitrogen and oxygen atoms in total. The van der Waals surface area contributed by atoms with Gasteiger partial charge >= 0.3 is 0 Å². The number of carbonyl (C=O) groups excluding carboxylic acids is 1. The van der Waals surface area contributed by atoms with E-state index in [1.807, 2.05) is 30.5 Å². The van der Waals surface area contributed by atoms with E-state index < -0.39 is 0 Å². The molecule has 106 valence electrons. The van der Waals surface area contributed by atoms with Gasteiger partial charge in [0.2, 0.25) is 0 Å². The molecule has 0 aromatic carbocycles. The van der Waals surface area contributed by atoms with E-state index in [0.29, 0.717) is 6.54 Å². The minimum Gasteiger partial charge on any atom is -0.382 e. The summed E-state index contributed by atoms with van der Waals surface area (Å²) in [4.78, 5) is 18.0. The van der Waals surface area contributed by atoms with Gasteiger partial charge in [0, 0.05) is 25.1 Å². The summed E-state index contributed by atoms with van der Waals surface area (Å²) in [6.45, 7) is 2.80. The summed E-state index contributed by atoms with van der Waals surface area (Å²) in [6.07, 6.45) is 8.55. The molecule has 1 amide bonds. The van der Waals surface area contributed by atoms with Gasteiger partial charge in [-0.15, -0.1) is 0 Å². The molecule has 20 heavy (non-hydrogen) atoms. The molecule has 1 aromatic heterocycles. The summed E-state index contributed by atoms with van der Waals surface area (Å²) in [5.74, 6) is 0.0598. The molecule has 0 fully saturated rings. The van der Waals surface area contributed by atoms with E-state index in [1.165, 1.54) is 0 Å². The molecular weight excluding hydrogens is 250 g/mol. The van der Waals surface area contributed by atoms with Crippen molar-refractivity contribution in [1.29, 1.82) is 0 Å². The standard InChI is InChI=1S/C16H21N3O/c1-3-4-8-15(14-9-11-19(2)16(14)20)18-12-13-7-5-6-10-17-13/h5-7,9-11,18H,3-4,8,12H2,1-2H3/b15-14-. The van der Waals surface area contributed by atoms with E-state index >= 15 is 0 Å². The second-order valence-electron chi connectivity index (χ2n) is 4.90. The Kier molecular flexibility index (Phi) is 4.93. The number of nitrogens with one attached hydrogen (secondary N) is 1. The molecule has 1 aromatic rings. The summed E-state index contributed by atoms with van der Waals surface area (Å²) < 4.78 is 0. The molecule has 0 bridgehead atoms. The first kappa shape index (κ1) is 14.3. The Bertz CT molecular complexity index is 520. The Labute approximate surface area is 120 Å². The summed E-state index contributed by atoms with van der Waals surface area (Å²) in [7, 11) is 1.78. The average molecular weight is 271 g/mol. The number of nitrogens with zero attached hydrogens (tertiary/aromatic N) is 2. The molecule has 2 heterocycles. The minimum absolute atomic E-state index is 0.0598. The van der Waals surface area contributed by atoms with Gasteiger partial charge in [-0.2, -0.15) is 0 Å². The number of pyridine rings is 1. The zero-order valence-electron chi connectivity index (χ0n) is 12.1. The van der Waals surface area contributed by atoms with Gasteiger partial charge in [0.25, 0.3) is 5.91 Å². The minimum atomic E-state index is 0.0598. The number of amides is 1. The Morgan fingerprint density at radius 1 is 1.40 bits per heavy atom. The highest BCUT2D eigenvalue weighted by Crippen LogP contribution is 2.19. The Balaban J connectivity index is 2.10. The molecule has 1 N–H and O–H groups in total. The average Bonchev–Trinajstić information content (AvgIpc) is 2.81. The van der Waals surface area contributed by atoms with Crippen LogP contribution in [-0.2, 0) is 11.3 Å². The molecule has 2 rings (SSSR count). The highest BCUT2D eigenvalue weighted by molar-refractivity contribution is 5.99. The van der Waals surface area contributed by atoms with Crippen LogP contribution in [-0.4, -0.2) is 22.8 Å². The number of hydrogen-bond acceptors (Lipinski definition) is 3. The highest BCUT2D eigenvalue weighted by atomic mass is 16.2. The van der Waals surface area contributed by atoms with Crippen molar-refractivity contribution in [3.63, 3.8) is 0 Å². The van der Waals surface area contributed by atoms with Crippen LogP contribution in [0.25, 0.3) is 0 Å². The molecule has 0 unspecified atom stereocenters. The molecule has 0 atom stereocenters. The smallest absolute Gasteiger partial charge is 0.259 e. The number of unbranched alkanes of at least 4 members (excludes halogenated alkanes) is 1. The lowest BCUT2D eigenvalue weighted by atomic mass is 10.1. The van der Waals surface area contributed by atoms with Crippen LogP contribution in [0, 0.1) is 0 Å². The van der Waals surface area contributed by atoms with E-state index in [9.17, 15) is 4.79 Å². The van der Waals surface area contributed by atoms with Crippen molar-refractivity contribution < 1.29 is 4.79 Å². The first-order chi connectivity index (χ1) is 9.72. The molecule has 1 aliphatic heterocycles. The van der Waals surface area contributed by atoms with Gasteiger partial charge in [-0.3, -0.25) is 9.78 Å². The quantitative estimate of drug-likeness (QED) is 0.809. The fourth-order valence-electron chi connectivity index (χ4n) is 2.12. The van der Waals surface area contributed by atoms with Crippen molar-refractivity contribution in [1.82, 2.24) is 15.2 Å². The molecule has 0 radical (unpaired) electrons. The van der Waals surface area contributed by atoms with Crippen LogP contribution in [0.1, 0.15) is 31.9 Å². The first-order valence-electron chi connectivity index (χ1n) is 7.04. The predicted molar refractivity (Wildman–Crippen MR) is 79.5 cm³/mol. The largest absolute Gasteiger partial charge is 0.382 e. The second kappa shape index (κ2) is 6.89. The Morgan fingerprint density at radius 3 is 2.85 bits per heavy atom. The van der Waals surface area contributed by atoms with Crippen LogP contribution < -0.4 is 5.32 Å². The van der Waals surface area contributed by atoms with Crippen LogP contribution in [0.4, 0.5) is 0 Å². The topological polar surface area (TPSA) is 45.2 Å². The lowest BCUT2D eigenvalue weighted by Crippen LogP contribution is -2.22. The van der Waals surface area contributed by atoms with Crippen molar-refractivity contribution in [3.8, 4) is 0 Å². The third-order valence-electron chi connectivity index (χ3n) is 3.33. The van der Waals surface area contributed by atoms with Gasteiger partial charge in [0.1, 0.15) is 0 Å². The molecule has 0 saturated heterocycles. The van der Waals surface area contributed by atoms with Crippen LogP contribution in [0.3, 0.4) is 0 Å². The molecule has 4 heteroatoms. The summed E-state index contributed by atoms with van der Waals surface area (Å²) >= 11 is 0. The van der Waals surface area contributed by atoms with E-state index in [1.54, 1.807) is 18.1 Å². The normalized spacial score (nSPS) is 16.7. The monoisotopic (exact) mass is 271 g/mol. The van der Waals surface area contributed by atoms with Crippen LogP contribution in [0.15, 0.2) is 47.9 Å². The molecule has 0 aliphatic carbocycles. The highest BCUT2D eigenvalue weighted by Gasteiger charge is 2.20. The van der Waals surface area contributed by atoms with Crippen LogP contribution in [0.2, 0.25) is 0 Å². The van der Waals surface area contributed by atoms with Gasteiger partial charge < -0.3 is 10.2 Å². The fourth-order valence-corrected chi connectivity index (χ4v) is 2.12. The summed E-state index contributed by atoms with van der Waals surface area (Å²) in [6, 6.07) is 5.85. The van der Waals surface area contributed by atoms with Crippen molar-refractivity contribution in [2.75, 3.05) is 7.05 Å². The molecule has 1 aliphatic rings. The number of allylic oxidation sites excluding steroid dienone is 1. The lowest BCUT2D eigenvalue weighted by Gasteiger charge is -2.14. The first-order valence-corrected chi connectivity index (χ1v) is 7.04. The fraction of sp³-hybridized carbons (Fsp3) is 0.375. The Hall–Kier alpha value is -2.10. The van der Waals surface area contributed by atoms with Crippen molar-refractivity contribution >= 4 is 5.91 Å². The maximum absolute atomic E-state index is 12.1. The number of carbonyl (C=O) groups is 1. The summed E-state index contributed by atoms with van der Waals surface area (Å²) in [5.41, 5.74) is 2.77. The van der Waals surface area contributed by atoms with E-state index in [0.717, 1.165) is 36.2 Å². The molecule has 0 spiro atoms. The Morgan fingerprint density at radius 2 is 2.25 bits per heavy atom. The van der Waals surface area contributed by atoms with Crippen molar-refractivity contribution in [2.24, 2.45) is 0 Å². The van der Waals surface area contributed by atoms with Crippen molar-refractivity contribution in [2.45, 2.75) is 32.7 Å². The number of rotatable bonds is 6. The third kappa shape index (κ3) is 3.47. The van der Waals surface area contributed by atoms with Gasteiger partial charge in [0.05, 0.1) is 17.8 Å². The van der Waals surface area contributed by atoms with Gasteiger partial charge in [-0.05, 0) is 31.1 Å². The molecular formula is C16H21N3O. The summed E-state index contributed by atoms with van der Waals surface area (Å²) in [5, 5.41) is 3.38. The number of hydrogen-bond donors (Lipinski definition) is 1. The number of aromatic nitrogens is 1. The number of likely N-dealkylation sites (N-methyl/N-ethyl adjacent to an activating group) is 1. The SMILES string of the molecule is CCCC/C(NCc1ccccn1)=C1\C=CN(C)C1=O. The van der Waals surface area contributed by atoms with E-state index in [-0.39, 0.29) is 5.91 Å². The van der Waals surface area contributed by atoms with E-state index in [2.05, 4.69) is 17.2 Å². The van der Waals surface area contributed by atoms with Crippen LogP contribution >= 0.6 is 0 Å². The van der Waals surface area contributed by atoms with Crippen LogP contribution in [0.5, 0.6) is 0 Å². The van der Waals surface area contributed by atoms with Crippen molar-refractivity contribution in [3.05, 3.63) is 53.6 Å². The zero-order valence-corrected chi connectivity index (χ0v) is 12.1.